The van der Waals surface area contributed by atoms with Crippen molar-refractivity contribution in [1.29, 1.82) is 0 Å². The number of carbonyl (C=O) groups is 2. The van der Waals surface area contributed by atoms with Gasteiger partial charge in [0.25, 0.3) is 11.8 Å². The molecule has 256 valence electrons. The van der Waals surface area contributed by atoms with Crippen LogP contribution in [0.3, 0.4) is 0 Å². The van der Waals surface area contributed by atoms with Crippen LogP contribution in [0, 0.1) is 11.8 Å². The van der Waals surface area contributed by atoms with E-state index in [4.69, 9.17) is 40.3 Å². The third-order valence-electron chi connectivity index (χ3n) is 7.15. The predicted molar refractivity (Wildman–Crippen MR) is 181 cm³/mol. The third kappa shape index (κ3) is 11.2. The number of carbonyl (C=O) groups excluding carboxylic acids is 2. The van der Waals surface area contributed by atoms with Crippen molar-refractivity contribution < 1.29 is 48.6 Å². The molecule has 10 N–H and O–H groups in total. The number of nitrogens with zero attached hydrogens (tertiary/aromatic N) is 4. The normalized spacial score (nSPS) is 38.2. The molecule has 14 nitrogen and oxygen atoms in total. The van der Waals surface area contributed by atoms with Crippen molar-refractivity contribution in [2.24, 2.45) is 23.3 Å². The van der Waals surface area contributed by atoms with Crippen LogP contribution in [0.25, 0.3) is 0 Å². The molecule has 0 bridgehead atoms. The first-order chi connectivity index (χ1) is 29.8. The lowest BCUT2D eigenvalue weighted by Gasteiger charge is -2.32. The highest BCUT2D eigenvalue weighted by atomic mass is 16.3. The Hall–Kier alpha value is -3.78. The fourth-order valence-electron chi connectivity index (χ4n) is 4.51. The minimum atomic E-state index is -3.58. The molecule has 2 aromatic heterocycles. The third-order valence-corrected chi connectivity index (χ3v) is 7.15. The second-order valence-electron chi connectivity index (χ2n) is 11.2. The first kappa shape index (κ1) is 16.9. The summed E-state index contributed by atoms with van der Waals surface area (Å²) in [5, 5.41) is 29.7. The zero-order chi connectivity index (χ0) is 52.2. The summed E-state index contributed by atoms with van der Waals surface area (Å²) in [5.41, 5.74) is 3.11. The van der Waals surface area contributed by atoms with Gasteiger partial charge in [-0.25, -0.2) is 9.97 Å². The van der Waals surface area contributed by atoms with Gasteiger partial charge < -0.3 is 42.9 Å². The van der Waals surface area contributed by atoms with Gasteiger partial charge in [0, 0.05) is 60.2 Å². The Kier molecular flexibility index (Phi) is 5.57. The Balaban J connectivity index is 0.000000355. The van der Waals surface area contributed by atoms with E-state index in [-0.39, 0.29) is 48.5 Å². The van der Waals surface area contributed by atoms with E-state index in [9.17, 15) is 19.8 Å². The van der Waals surface area contributed by atoms with Gasteiger partial charge in [-0.15, -0.1) is 0 Å². The van der Waals surface area contributed by atoms with Gasteiger partial charge in [0.1, 0.15) is 11.6 Å². The van der Waals surface area contributed by atoms with E-state index in [0.29, 0.717) is 6.42 Å². The van der Waals surface area contributed by atoms with Crippen LogP contribution in [-0.4, -0.2) is 77.3 Å². The van der Waals surface area contributed by atoms with Crippen LogP contribution in [0.5, 0.6) is 0 Å². The number of hydrogen-bond donors (Lipinski definition) is 8. The molecule has 2 fully saturated rings. The maximum absolute atomic E-state index is 11.9. The van der Waals surface area contributed by atoms with Crippen LogP contribution < -0.4 is 32.7 Å². The monoisotopic (exact) mass is 664 g/mol. The minimum Gasteiger partial charge on any atom is -0.393 e. The second-order valence-corrected chi connectivity index (χ2v) is 11.2. The average Bonchev–Trinajstić information content (AvgIpc) is 3.09. The number of aromatic nitrogens is 4. The standard InChI is InChI=1S/2C16H27N5O2/c2*1-9-5-6-10(7-12(9)22)19-14-11(13(17)23)8-18-15(20-14)21-16(2,3)4/h2*8-10,12,22H,5-7H2,1-4H3,(H2,17,23)(H2,18,19,20,21)/i2D3,3D3,4D3,10D,12D;2D3,3D3,4D3,10D. The van der Waals surface area contributed by atoms with Gasteiger partial charge in [-0.3, -0.25) is 9.59 Å². The van der Waals surface area contributed by atoms with Crippen molar-refractivity contribution in [3.05, 3.63) is 23.5 Å². The quantitative estimate of drug-likeness (QED) is 0.203. The maximum Gasteiger partial charge on any atom is 0.254 e. The van der Waals surface area contributed by atoms with Crippen LogP contribution >= 0.6 is 0 Å². The Morgan fingerprint density at radius 1 is 0.783 bits per heavy atom. The van der Waals surface area contributed by atoms with E-state index in [1.807, 2.05) is 17.6 Å². The predicted octanol–water partition coefficient (Wildman–Crippen LogP) is 3.49. The van der Waals surface area contributed by atoms with Crippen LogP contribution in [0.4, 0.5) is 23.5 Å². The molecule has 0 radical (unpaired) electrons. The van der Waals surface area contributed by atoms with E-state index in [1.54, 1.807) is 6.92 Å². The van der Waals surface area contributed by atoms with Gasteiger partial charge in [0.05, 0.1) is 27.4 Å². The lowest BCUT2D eigenvalue weighted by atomic mass is 9.85. The van der Waals surface area contributed by atoms with Gasteiger partial charge >= 0.3 is 0 Å². The van der Waals surface area contributed by atoms with Crippen molar-refractivity contribution in [2.75, 3.05) is 21.3 Å². The van der Waals surface area contributed by atoms with E-state index < -0.39 is 118 Å². The molecule has 6 atom stereocenters. The molecular weight excluding hydrogens is 588 g/mol. The summed E-state index contributed by atoms with van der Waals surface area (Å²) in [4.78, 5) is 38.9. The molecule has 2 saturated carbocycles. The molecular formula is C32H54N10O4. The number of nitrogens with one attached hydrogen (secondary N) is 4. The van der Waals surface area contributed by atoms with Gasteiger partial charge in [-0.05, 0) is 91.5 Å². The summed E-state index contributed by atoms with van der Waals surface area (Å²) in [7, 11) is 0. The largest absolute Gasteiger partial charge is 0.393 e. The molecule has 2 heterocycles. The van der Waals surface area contributed by atoms with Crippen molar-refractivity contribution in [1.82, 2.24) is 19.9 Å². The first-order valence-corrected chi connectivity index (χ1v) is 14.2. The average molecular weight is 664 g/mol. The number of nitrogens with two attached hydrogens (primary N) is 2. The van der Waals surface area contributed by atoms with Crippen LogP contribution in [0.1, 0.15) is 143 Å². The number of primary amides is 2. The van der Waals surface area contributed by atoms with Gasteiger partial charge in [0.15, 0.2) is 0 Å². The van der Waals surface area contributed by atoms with E-state index >= 15 is 0 Å². The molecule has 0 spiro atoms. The molecule has 14 heteroatoms. The zero-order valence-corrected chi connectivity index (χ0v) is 25.3. The molecule has 0 aliphatic heterocycles. The smallest absolute Gasteiger partial charge is 0.254 e. The minimum absolute atomic E-state index is 0.0249. The van der Waals surface area contributed by atoms with Crippen molar-refractivity contribution in [3.63, 3.8) is 0 Å². The molecule has 6 unspecified atom stereocenters. The molecule has 0 aromatic carbocycles. The molecule has 2 aliphatic carbocycles. The molecule has 0 saturated heterocycles. The highest BCUT2D eigenvalue weighted by molar-refractivity contribution is 5.98. The number of aliphatic hydroxyl groups excluding tert-OH is 1. The summed E-state index contributed by atoms with van der Waals surface area (Å²) in [6.45, 7) is -17.9. The summed E-state index contributed by atoms with van der Waals surface area (Å²) in [5.74, 6) is -4.74. The topological polar surface area (TPSA) is 226 Å². The zero-order valence-electron chi connectivity index (χ0n) is 46.3. The number of aliphatic hydroxyl groups is 2. The number of anilines is 4. The molecule has 2 amide bonds. The Morgan fingerprint density at radius 2 is 1.22 bits per heavy atom. The molecule has 4 rings (SSSR count). The Morgan fingerprint density at radius 3 is 1.61 bits per heavy atom. The summed E-state index contributed by atoms with van der Waals surface area (Å²) in [6, 6.07) is -3.18. The number of amides is 2. The Labute approximate surface area is 301 Å². The summed E-state index contributed by atoms with van der Waals surface area (Å²) >= 11 is 0. The summed E-state index contributed by atoms with van der Waals surface area (Å²) < 4.78 is 164. The summed E-state index contributed by atoms with van der Waals surface area (Å²) in [6.07, 6.45) is -0.344. The lowest BCUT2D eigenvalue weighted by Crippen LogP contribution is -2.36. The number of rotatable bonds is 8. The molecule has 2 aliphatic rings. The highest BCUT2D eigenvalue weighted by Crippen LogP contribution is 2.29. The molecule has 46 heavy (non-hydrogen) atoms. The second kappa shape index (κ2) is 15.2. The number of hydrogen-bond acceptors (Lipinski definition) is 12. The van der Waals surface area contributed by atoms with Crippen LogP contribution in [0.15, 0.2) is 12.4 Å². The fraction of sp³-hybridized carbons (Fsp3) is 0.688. The van der Waals surface area contributed by atoms with Crippen LogP contribution in [-0.2, 0) is 0 Å². The van der Waals surface area contributed by atoms with E-state index in [0.717, 1.165) is 12.4 Å². The van der Waals surface area contributed by atoms with Gasteiger partial charge in [0.2, 0.25) is 11.9 Å². The lowest BCUT2D eigenvalue weighted by molar-refractivity contribution is 0.0737. The van der Waals surface area contributed by atoms with Crippen molar-refractivity contribution in [3.8, 4) is 0 Å². The van der Waals surface area contributed by atoms with E-state index in [1.165, 1.54) is 0 Å². The fourth-order valence-corrected chi connectivity index (χ4v) is 4.51. The van der Waals surface area contributed by atoms with Crippen LogP contribution in [0.2, 0.25) is 0 Å². The maximum atomic E-state index is 11.9. The SMILES string of the molecule is [2H]C1(Nc2nc(NC(C([2H])([2H])[2H])(C([2H])([2H])[2H])C([2H])([2H])[2H])ncc2C(N)=O)CCC(C)C(O)C1.[2H]C1(Nc2nc(NC(C([2H])([2H])[2H])(C([2H])([2H])[2H])C([2H])([2H])[2H])ncc2C(N)=O)CCC(C)C([2H])(O)C1. The molecule has 2 aromatic rings. The Bertz CT molecular complexity index is 2040. The highest BCUT2D eigenvalue weighted by Gasteiger charge is 2.29. The van der Waals surface area contributed by atoms with E-state index in [2.05, 4.69) is 30.6 Å². The first-order valence-electron chi connectivity index (χ1n) is 24.7. The van der Waals surface area contributed by atoms with Gasteiger partial charge in [-0.1, -0.05) is 13.8 Å². The van der Waals surface area contributed by atoms with Crippen molar-refractivity contribution >= 4 is 35.3 Å². The van der Waals surface area contributed by atoms with Gasteiger partial charge in [-0.2, -0.15) is 9.97 Å². The van der Waals surface area contributed by atoms with Crippen molar-refractivity contribution in [2.45, 2.75) is 129 Å².